The highest BCUT2D eigenvalue weighted by molar-refractivity contribution is 7.21. The topological polar surface area (TPSA) is 59.0 Å². The normalized spacial score (nSPS) is 19.5. The molecule has 1 saturated carbocycles. The molecule has 160 valence electrons. The van der Waals surface area contributed by atoms with Crippen LogP contribution in [0.1, 0.15) is 66.2 Å². The summed E-state index contributed by atoms with van der Waals surface area (Å²) in [7, 11) is 1.95. The molecule has 0 radical (unpaired) electrons. The van der Waals surface area contributed by atoms with E-state index in [0.717, 1.165) is 30.8 Å². The third-order valence-electron chi connectivity index (χ3n) is 6.04. The van der Waals surface area contributed by atoms with Gasteiger partial charge in [0.05, 0.1) is 11.1 Å². The summed E-state index contributed by atoms with van der Waals surface area (Å²) in [5, 5.41) is 12.2. The Kier molecular flexibility index (Phi) is 6.54. The van der Waals surface area contributed by atoms with Crippen molar-refractivity contribution in [3.8, 4) is 0 Å². The summed E-state index contributed by atoms with van der Waals surface area (Å²) >= 11 is 1.65. The molecule has 2 heterocycles. The molecule has 5 nitrogen and oxygen atoms in total. The Morgan fingerprint density at radius 2 is 2.00 bits per heavy atom. The van der Waals surface area contributed by atoms with Gasteiger partial charge in [-0.1, -0.05) is 18.2 Å². The van der Waals surface area contributed by atoms with Gasteiger partial charge in [0.25, 0.3) is 5.91 Å². The van der Waals surface area contributed by atoms with Crippen molar-refractivity contribution in [2.24, 2.45) is 13.0 Å². The number of nitrogens with one attached hydrogen (secondary N) is 2. The number of benzene rings is 1. The standard InChI is InChI=1S/C24H32N4OS/c1-16(2)27-24(29)23-22(20-6-4-5-7-21(20)30-23)19-10-8-17(9-11-19)12-25-13-18-14-26-28(3)15-18/h4-7,14-17,19,25H,8-13H2,1-3H3,(H,27,29). The van der Waals surface area contributed by atoms with E-state index >= 15 is 0 Å². The fourth-order valence-electron chi connectivity index (χ4n) is 4.61. The quantitative estimate of drug-likeness (QED) is 0.571. The van der Waals surface area contributed by atoms with Crippen LogP contribution in [0.5, 0.6) is 0 Å². The molecule has 0 unspecified atom stereocenters. The molecule has 1 aromatic carbocycles. The molecule has 30 heavy (non-hydrogen) atoms. The molecule has 1 amide bonds. The van der Waals surface area contributed by atoms with Crippen molar-refractivity contribution in [2.45, 2.75) is 58.0 Å². The number of aromatic nitrogens is 2. The number of fused-ring (bicyclic) bond motifs is 1. The van der Waals surface area contributed by atoms with Gasteiger partial charge in [-0.15, -0.1) is 11.3 Å². The van der Waals surface area contributed by atoms with E-state index in [4.69, 9.17) is 0 Å². The Hall–Kier alpha value is -2.18. The first-order chi connectivity index (χ1) is 14.5. The molecule has 3 aromatic rings. The van der Waals surface area contributed by atoms with Gasteiger partial charge in [0, 0.05) is 36.1 Å². The SMILES string of the molecule is CC(C)NC(=O)c1sc2ccccc2c1C1CCC(CNCc2cnn(C)c2)CC1. The molecular weight excluding hydrogens is 392 g/mol. The van der Waals surface area contributed by atoms with Gasteiger partial charge < -0.3 is 10.6 Å². The van der Waals surface area contributed by atoms with E-state index in [1.165, 1.54) is 34.1 Å². The second-order valence-corrected chi connectivity index (χ2v) is 9.89. The molecule has 6 heteroatoms. The third kappa shape index (κ3) is 4.76. The van der Waals surface area contributed by atoms with Gasteiger partial charge in [0.2, 0.25) is 0 Å². The van der Waals surface area contributed by atoms with E-state index in [1.807, 2.05) is 31.8 Å². The van der Waals surface area contributed by atoms with Crippen molar-refractivity contribution < 1.29 is 4.79 Å². The molecule has 1 fully saturated rings. The largest absolute Gasteiger partial charge is 0.349 e. The fourth-order valence-corrected chi connectivity index (χ4v) is 5.80. The highest BCUT2D eigenvalue weighted by Gasteiger charge is 2.29. The average molecular weight is 425 g/mol. The summed E-state index contributed by atoms with van der Waals surface area (Å²) < 4.78 is 3.07. The molecule has 2 N–H and O–H groups in total. The monoisotopic (exact) mass is 424 g/mol. The maximum Gasteiger partial charge on any atom is 0.261 e. The van der Waals surface area contributed by atoms with Crippen LogP contribution in [0.25, 0.3) is 10.1 Å². The second-order valence-electron chi connectivity index (χ2n) is 8.84. The first kappa shape index (κ1) is 21.1. The van der Waals surface area contributed by atoms with Crippen molar-refractivity contribution >= 4 is 27.3 Å². The number of hydrogen-bond donors (Lipinski definition) is 2. The Morgan fingerprint density at radius 1 is 1.23 bits per heavy atom. The second kappa shape index (κ2) is 9.31. The van der Waals surface area contributed by atoms with Crippen LogP contribution in [-0.2, 0) is 13.6 Å². The predicted molar refractivity (Wildman–Crippen MR) is 124 cm³/mol. The minimum absolute atomic E-state index is 0.0847. The number of aryl methyl sites for hydroxylation is 1. The summed E-state index contributed by atoms with van der Waals surface area (Å²) in [6, 6.07) is 8.64. The van der Waals surface area contributed by atoms with Crippen molar-refractivity contribution in [1.29, 1.82) is 0 Å². The Labute approximate surface area is 182 Å². The lowest BCUT2D eigenvalue weighted by Gasteiger charge is -2.29. The lowest BCUT2D eigenvalue weighted by molar-refractivity contribution is 0.0945. The van der Waals surface area contributed by atoms with Crippen LogP contribution in [-0.4, -0.2) is 28.3 Å². The maximum absolute atomic E-state index is 12.9. The van der Waals surface area contributed by atoms with Crippen molar-refractivity contribution in [1.82, 2.24) is 20.4 Å². The molecule has 1 aliphatic carbocycles. The maximum atomic E-state index is 12.9. The molecule has 0 spiro atoms. The Bertz CT molecular complexity index is 998. The van der Waals surface area contributed by atoms with Crippen LogP contribution in [0, 0.1) is 5.92 Å². The van der Waals surface area contributed by atoms with Gasteiger partial charge in [-0.25, -0.2) is 0 Å². The molecule has 1 aliphatic rings. The number of thiophene rings is 1. The number of rotatable bonds is 7. The summed E-state index contributed by atoms with van der Waals surface area (Å²) in [4.78, 5) is 13.8. The van der Waals surface area contributed by atoms with Crippen LogP contribution in [0.2, 0.25) is 0 Å². The first-order valence-electron chi connectivity index (χ1n) is 11.0. The molecule has 0 atom stereocenters. The van der Waals surface area contributed by atoms with Crippen LogP contribution in [0.15, 0.2) is 36.7 Å². The zero-order valence-electron chi connectivity index (χ0n) is 18.1. The Balaban J connectivity index is 1.41. The summed E-state index contributed by atoms with van der Waals surface area (Å²) in [6.07, 6.45) is 8.72. The number of amides is 1. The number of hydrogen-bond acceptors (Lipinski definition) is 4. The third-order valence-corrected chi connectivity index (χ3v) is 7.22. The van der Waals surface area contributed by atoms with Gasteiger partial charge in [0.1, 0.15) is 0 Å². The van der Waals surface area contributed by atoms with E-state index in [-0.39, 0.29) is 11.9 Å². The van der Waals surface area contributed by atoms with Crippen LogP contribution in [0.3, 0.4) is 0 Å². The summed E-state index contributed by atoms with van der Waals surface area (Å²) in [5.41, 5.74) is 2.52. The van der Waals surface area contributed by atoms with Gasteiger partial charge in [-0.2, -0.15) is 5.10 Å². The van der Waals surface area contributed by atoms with Gasteiger partial charge >= 0.3 is 0 Å². The van der Waals surface area contributed by atoms with Crippen molar-refractivity contribution in [3.05, 3.63) is 52.7 Å². The highest BCUT2D eigenvalue weighted by Crippen LogP contribution is 2.43. The minimum atomic E-state index is 0.0847. The summed E-state index contributed by atoms with van der Waals surface area (Å²) in [6.45, 7) is 5.97. The van der Waals surface area contributed by atoms with Gasteiger partial charge in [-0.05, 0) is 74.9 Å². The molecule has 2 aromatic heterocycles. The van der Waals surface area contributed by atoms with Crippen molar-refractivity contribution in [3.63, 3.8) is 0 Å². The fraction of sp³-hybridized carbons (Fsp3) is 0.500. The number of carbonyl (C=O) groups is 1. The Morgan fingerprint density at radius 3 is 2.70 bits per heavy atom. The first-order valence-corrected chi connectivity index (χ1v) is 11.8. The predicted octanol–water partition coefficient (Wildman–Crippen LogP) is 4.84. The van der Waals surface area contributed by atoms with E-state index in [0.29, 0.717) is 11.8 Å². The lowest BCUT2D eigenvalue weighted by Crippen LogP contribution is -2.31. The molecule has 4 rings (SSSR count). The van der Waals surface area contributed by atoms with E-state index in [9.17, 15) is 4.79 Å². The van der Waals surface area contributed by atoms with Crippen LogP contribution in [0.4, 0.5) is 0 Å². The van der Waals surface area contributed by atoms with E-state index < -0.39 is 0 Å². The van der Waals surface area contributed by atoms with Crippen molar-refractivity contribution in [2.75, 3.05) is 6.54 Å². The van der Waals surface area contributed by atoms with Crippen LogP contribution < -0.4 is 10.6 Å². The molecule has 0 aliphatic heterocycles. The lowest BCUT2D eigenvalue weighted by atomic mass is 9.77. The summed E-state index contributed by atoms with van der Waals surface area (Å²) in [5.74, 6) is 1.26. The number of carbonyl (C=O) groups excluding carboxylic acids is 1. The average Bonchev–Trinajstić information content (AvgIpc) is 3.31. The van der Waals surface area contributed by atoms with Gasteiger partial charge in [-0.3, -0.25) is 9.48 Å². The smallest absolute Gasteiger partial charge is 0.261 e. The zero-order valence-corrected chi connectivity index (χ0v) is 19.0. The molecular formula is C24H32N4OS. The van der Waals surface area contributed by atoms with Crippen LogP contribution >= 0.6 is 11.3 Å². The zero-order chi connectivity index (χ0) is 21.1. The van der Waals surface area contributed by atoms with E-state index in [1.54, 1.807) is 11.3 Å². The number of nitrogens with zero attached hydrogens (tertiary/aromatic N) is 2. The van der Waals surface area contributed by atoms with Gasteiger partial charge in [0.15, 0.2) is 0 Å². The highest BCUT2D eigenvalue weighted by atomic mass is 32.1. The minimum Gasteiger partial charge on any atom is -0.349 e. The van der Waals surface area contributed by atoms with E-state index in [2.05, 4.69) is 46.2 Å². The molecule has 0 bridgehead atoms. The molecule has 0 saturated heterocycles.